The lowest BCUT2D eigenvalue weighted by atomic mass is 9.82. The molecular weight excluding hydrogens is 821 g/mol. The van der Waals surface area contributed by atoms with Gasteiger partial charge in [-0.3, -0.25) is 0 Å². The summed E-state index contributed by atoms with van der Waals surface area (Å²) < 4.78 is 0. The summed E-state index contributed by atoms with van der Waals surface area (Å²) in [4.78, 5) is 4.80. The van der Waals surface area contributed by atoms with Crippen LogP contribution in [0.3, 0.4) is 0 Å². The van der Waals surface area contributed by atoms with Gasteiger partial charge in [-0.05, 0) is 151 Å². The molecule has 0 aliphatic heterocycles. The first kappa shape index (κ1) is 41.2. The fourth-order valence-corrected chi connectivity index (χ4v) is 11.0. The molecule has 68 heavy (non-hydrogen) atoms. The van der Waals surface area contributed by atoms with Crippen molar-refractivity contribution in [2.45, 2.75) is 38.5 Å². The van der Waals surface area contributed by atoms with E-state index in [1.165, 1.54) is 77.9 Å². The molecule has 0 N–H and O–H groups in total. The minimum Gasteiger partial charge on any atom is -0.311 e. The lowest BCUT2D eigenvalue weighted by Gasteiger charge is -2.30. The van der Waals surface area contributed by atoms with E-state index in [0.29, 0.717) is 0 Å². The van der Waals surface area contributed by atoms with Gasteiger partial charge in [0.05, 0.1) is 0 Å². The zero-order valence-corrected chi connectivity index (χ0v) is 39.0. The van der Waals surface area contributed by atoms with E-state index in [1.807, 2.05) is 0 Å². The Kier molecular flexibility index (Phi) is 9.88. The van der Waals surface area contributed by atoms with Gasteiger partial charge < -0.3 is 9.80 Å². The Morgan fingerprint density at radius 1 is 0.221 bits per heavy atom. The third-order valence-electron chi connectivity index (χ3n) is 14.7. The fraction of sp³-hybridized carbons (Fsp3) is 0.0909. The zero-order chi connectivity index (χ0) is 46.0. The Balaban J connectivity index is 0.903. The van der Waals surface area contributed by atoms with Gasteiger partial charge in [0.1, 0.15) is 0 Å². The molecule has 326 valence electrons. The molecule has 2 nitrogen and oxygen atoms in total. The number of hydrogen-bond acceptors (Lipinski definition) is 2. The van der Waals surface area contributed by atoms with Gasteiger partial charge in [0.25, 0.3) is 0 Å². The first-order chi connectivity index (χ1) is 33.2. The smallest absolute Gasteiger partial charge is 0.0465 e. The van der Waals surface area contributed by atoms with E-state index in [-0.39, 0.29) is 10.8 Å². The highest BCUT2D eigenvalue weighted by atomic mass is 15.1. The molecule has 0 saturated heterocycles. The van der Waals surface area contributed by atoms with Gasteiger partial charge in [-0.2, -0.15) is 0 Å². The van der Waals surface area contributed by atoms with Crippen molar-refractivity contribution in [1.82, 2.24) is 0 Å². The van der Waals surface area contributed by atoms with E-state index in [1.54, 1.807) is 0 Å². The van der Waals surface area contributed by atoms with E-state index < -0.39 is 0 Å². The molecule has 0 atom stereocenters. The molecule has 0 heterocycles. The second kappa shape index (κ2) is 16.3. The molecule has 10 aromatic carbocycles. The standard InChI is InChI=1S/C66H52N2/c1-65(2)61-21-13-11-19-57(61)59-41-39-55(43-63(59)65)68(56-40-42-60-58-20-12-14-22-62(58)66(3,4)64(60)44-56)54-37-29-50(30-38-54)49-27-35-53(36-28-49)67(51-31-23-47(24-32-51)45-15-7-5-8-16-45)52-33-25-48(26-34-52)46-17-9-6-10-18-46/h5-44H,1-4H3. The van der Waals surface area contributed by atoms with Crippen LogP contribution < -0.4 is 9.80 Å². The van der Waals surface area contributed by atoms with Gasteiger partial charge in [0, 0.05) is 45.0 Å². The average Bonchev–Trinajstić information content (AvgIpc) is 3.76. The van der Waals surface area contributed by atoms with Crippen molar-refractivity contribution in [3.63, 3.8) is 0 Å². The number of rotatable bonds is 9. The first-order valence-corrected chi connectivity index (χ1v) is 23.8. The van der Waals surface area contributed by atoms with Crippen molar-refractivity contribution in [3.05, 3.63) is 265 Å². The van der Waals surface area contributed by atoms with Crippen molar-refractivity contribution in [2.75, 3.05) is 9.80 Å². The lowest BCUT2D eigenvalue weighted by molar-refractivity contribution is 0.660. The second-order valence-corrected chi connectivity index (χ2v) is 19.4. The fourth-order valence-electron chi connectivity index (χ4n) is 11.0. The quantitative estimate of drug-likeness (QED) is 0.143. The maximum atomic E-state index is 2.45. The predicted octanol–water partition coefficient (Wildman–Crippen LogP) is 18.2. The predicted molar refractivity (Wildman–Crippen MR) is 287 cm³/mol. The largest absolute Gasteiger partial charge is 0.311 e. The molecule has 0 amide bonds. The third-order valence-corrected chi connectivity index (χ3v) is 14.7. The van der Waals surface area contributed by atoms with Crippen molar-refractivity contribution < 1.29 is 0 Å². The van der Waals surface area contributed by atoms with E-state index in [0.717, 1.165) is 34.1 Å². The van der Waals surface area contributed by atoms with Gasteiger partial charge in [-0.25, -0.2) is 0 Å². The molecule has 0 radical (unpaired) electrons. The normalized spacial score (nSPS) is 13.5. The Hall–Kier alpha value is -8.20. The SMILES string of the molecule is CC1(C)c2ccccc2-c2ccc(N(c3ccc(-c4ccc(N(c5ccc(-c6ccccc6)cc5)c5ccc(-c6ccccc6)cc5)cc4)cc3)c3ccc4c(c3)C(C)(C)c3ccccc3-4)cc21. The minimum atomic E-state index is -0.113. The summed E-state index contributed by atoms with van der Waals surface area (Å²) in [5.74, 6) is 0. The highest BCUT2D eigenvalue weighted by Crippen LogP contribution is 2.53. The van der Waals surface area contributed by atoms with Crippen LogP contribution in [0.4, 0.5) is 34.1 Å². The molecule has 0 bridgehead atoms. The van der Waals surface area contributed by atoms with Crippen LogP contribution in [0.5, 0.6) is 0 Å². The lowest BCUT2D eigenvalue weighted by Crippen LogP contribution is -2.18. The summed E-state index contributed by atoms with van der Waals surface area (Å²) in [6.45, 7) is 9.46. The average molecular weight is 873 g/mol. The monoisotopic (exact) mass is 872 g/mol. The van der Waals surface area contributed by atoms with E-state index in [2.05, 4.69) is 280 Å². The molecule has 2 heteroatoms. The number of anilines is 6. The van der Waals surface area contributed by atoms with Crippen LogP contribution >= 0.6 is 0 Å². The highest BCUT2D eigenvalue weighted by Gasteiger charge is 2.37. The van der Waals surface area contributed by atoms with E-state index in [9.17, 15) is 0 Å². The summed E-state index contributed by atoms with van der Waals surface area (Å²) in [6, 6.07) is 89.1. The van der Waals surface area contributed by atoms with Crippen molar-refractivity contribution >= 4 is 34.1 Å². The molecule has 0 unspecified atom stereocenters. The van der Waals surface area contributed by atoms with Gasteiger partial charge in [0.2, 0.25) is 0 Å². The van der Waals surface area contributed by atoms with Gasteiger partial charge in [-0.15, -0.1) is 0 Å². The topological polar surface area (TPSA) is 6.48 Å². The van der Waals surface area contributed by atoms with Gasteiger partial charge >= 0.3 is 0 Å². The summed E-state index contributed by atoms with van der Waals surface area (Å²) in [5, 5.41) is 0. The summed E-state index contributed by atoms with van der Waals surface area (Å²) in [5.41, 5.74) is 24.5. The molecule has 12 rings (SSSR count). The Morgan fingerprint density at radius 2 is 0.471 bits per heavy atom. The maximum absolute atomic E-state index is 2.45. The molecule has 0 fully saturated rings. The highest BCUT2D eigenvalue weighted by molar-refractivity contribution is 5.89. The molecule has 2 aliphatic carbocycles. The molecule has 0 spiro atoms. The molecule has 10 aromatic rings. The molecular formula is C66H52N2. The number of fused-ring (bicyclic) bond motifs is 6. The van der Waals surface area contributed by atoms with Crippen LogP contribution in [0.15, 0.2) is 243 Å². The number of nitrogens with zero attached hydrogens (tertiary/aromatic N) is 2. The third kappa shape index (κ3) is 6.95. The number of benzene rings is 10. The van der Waals surface area contributed by atoms with Crippen LogP contribution in [-0.2, 0) is 10.8 Å². The Bertz CT molecular complexity index is 3270. The Morgan fingerprint density at radius 3 is 0.809 bits per heavy atom. The summed E-state index contributed by atoms with van der Waals surface area (Å²) in [6.07, 6.45) is 0. The van der Waals surface area contributed by atoms with Gasteiger partial charge in [-0.1, -0.05) is 198 Å². The maximum Gasteiger partial charge on any atom is 0.0465 e. The van der Waals surface area contributed by atoms with Crippen LogP contribution in [0.2, 0.25) is 0 Å². The van der Waals surface area contributed by atoms with E-state index in [4.69, 9.17) is 0 Å². The second-order valence-electron chi connectivity index (χ2n) is 19.4. The Labute approximate surface area is 401 Å². The summed E-state index contributed by atoms with van der Waals surface area (Å²) in [7, 11) is 0. The summed E-state index contributed by atoms with van der Waals surface area (Å²) >= 11 is 0. The molecule has 0 aromatic heterocycles. The first-order valence-electron chi connectivity index (χ1n) is 23.8. The zero-order valence-electron chi connectivity index (χ0n) is 39.0. The molecule has 2 aliphatic rings. The van der Waals surface area contributed by atoms with E-state index >= 15 is 0 Å². The van der Waals surface area contributed by atoms with Gasteiger partial charge in [0.15, 0.2) is 0 Å². The van der Waals surface area contributed by atoms with Crippen molar-refractivity contribution in [3.8, 4) is 55.6 Å². The van der Waals surface area contributed by atoms with Crippen LogP contribution in [0.25, 0.3) is 55.6 Å². The minimum absolute atomic E-state index is 0.113. The molecule has 0 saturated carbocycles. The van der Waals surface area contributed by atoms with Crippen LogP contribution in [0.1, 0.15) is 49.9 Å². The van der Waals surface area contributed by atoms with Crippen LogP contribution in [0, 0.1) is 0 Å². The van der Waals surface area contributed by atoms with Crippen molar-refractivity contribution in [2.24, 2.45) is 0 Å². The number of hydrogen-bond donors (Lipinski definition) is 0. The van der Waals surface area contributed by atoms with Crippen molar-refractivity contribution in [1.29, 1.82) is 0 Å². The van der Waals surface area contributed by atoms with Crippen LogP contribution in [-0.4, -0.2) is 0 Å².